The van der Waals surface area contributed by atoms with Crippen molar-refractivity contribution in [1.82, 2.24) is 9.88 Å². The SMILES string of the molecule is C#CCN1CCN(c2ccc(NC(=O)CSc3nc(-c4ccccc4)c(-c4ccccc4)o3)cc2)CC1. The maximum Gasteiger partial charge on any atom is 0.257 e. The number of piperazine rings is 1. The quantitative estimate of drug-likeness (QED) is 0.251. The third-order valence-electron chi connectivity index (χ3n) is 6.22. The Kier molecular flexibility index (Phi) is 7.90. The predicted molar refractivity (Wildman–Crippen MR) is 151 cm³/mol. The van der Waals surface area contributed by atoms with Crippen LogP contribution < -0.4 is 10.2 Å². The van der Waals surface area contributed by atoms with Crippen LogP contribution >= 0.6 is 11.8 Å². The number of anilines is 2. The van der Waals surface area contributed by atoms with E-state index in [0.717, 1.165) is 54.4 Å². The highest BCUT2D eigenvalue weighted by Gasteiger charge is 2.19. The van der Waals surface area contributed by atoms with E-state index < -0.39 is 0 Å². The van der Waals surface area contributed by atoms with E-state index in [4.69, 9.17) is 15.8 Å². The Hall–Kier alpha value is -3.99. The van der Waals surface area contributed by atoms with Crippen molar-refractivity contribution >= 4 is 29.0 Å². The Labute approximate surface area is 221 Å². The van der Waals surface area contributed by atoms with Crippen molar-refractivity contribution in [2.24, 2.45) is 0 Å². The highest BCUT2D eigenvalue weighted by Crippen LogP contribution is 2.35. The largest absolute Gasteiger partial charge is 0.431 e. The summed E-state index contributed by atoms with van der Waals surface area (Å²) < 4.78 is 6.11. The van der Waals surface area contributed by atoms with E-state index in [-0.39, 0.29) is 11.7 Å². The highest BCUT2D eigenvalue weighted by atomic mass is 32.2. The minimum Gasteiger partial charge on any atom is -0.431 e. The molecule has 0 atom stereocenters. The topological polar surface area (TPSA) is 61.6 Å². The van der Waals surface area contributed by atoms with Crippen molar-refractivity contribution in [2.75, 3.05) is 48.7 Å². The van der Waals surface area contributed by atoms with Gasteiger partial charge in [-0.05, 0) is 24.3 Å². The van der Waals surface area contributed by atoms with E-state index in [1.807, 2.05) is 84.9 Å². The van der Waals surface area contributed by atoms with Gasteiger partial charge in [-0.1, -0.05) is 78.3 Å². The summed E-state index contributed by atoms with van der Waals surface area (Å²) in [5.41, 5.74) is 4.60. The van der Waals surface area contributed by atoms with E-state index in [1.165, 1.54) is 11.8 Å². The lowest BCUT2D eigenvalue weighted by molar-refractivity contribution is -0.113. The van der Waals surface area contributed by atoms with Crippen LogP contribution in [-0.4, -0.2) is 54.3 Å². The molecule has 0 radical (unpaired) electrons. The zero-order valence-corrected chi connectivity index (χ0v) is 21.3. The smallest absolute Gasteiger partial charge is 0.257 e. The summed E-state index contributed by atoms with van der Waals surface area (Å²) in [6, 6.07) is 27.8. The van der Waals surface area contributed by atoms with Crippen molar-refractivity contribution < 1.29 is 9.21 Å². The summed E-state index contributed by atoms with van der Waals surface area (Å²) >= 11 is 1.29. The number of hydrogen-bond acceptors (Lipinski definition) is 6. The molecule has 1 aromatic heterocycles. The average molecular weight is 509 g/mol. The van der Waals surface area contributed by atoms with Gasteiger partial charge in [-0.2, -0.15) is 0 Å². The number of carbonyl (C=O) groups is 1. The van der Waals surface area contributed by atoms with E-state index in [1.54, 1.807) is 0 Å². The summed E-state index contributed by atoms with van der Waals surface area (Å²) in [5.74, 6) is 3.50. The van der Waals surface area contributed by atoms with E-state index in [9.17, 15) is 4.79 Å². The van der Waals surface area contributed by atoms with Gasteiger partial charge in [0.25, 0.3) is 5.22 Å². The Bertz CT molecular complexity index is 1300. The van der Waals surface area contributed by atoms with Crippen LogP contribution in [0.3, 0.4) is 0 Å². The van der Waals surface area contributed by atoms with Crippen LogP contribution in [0.25, 0.3) is 22.6 Å². The maximum absolute atomic E-state index is 12.7. The fraction of sp³-hybridized carbons (Fsp3) is 0.200. The highest BCUT2D eigenvalue weighted by molar-refractivity contribution is 7.99. The lowest BCUT2D eigenvalue weighted by Crippen LogP contribution is -2.46. The lowest BCUT2D eigenvalue weighted by Gasteiger charge is -2.35. The van der Waals surface area contributed by atoms with Crippen molar-refractivity contribution in [2.45, 2.75) is 5.22 Å². The van der Waals surface area contributed by atoms with Crippen LogP contribution in [0.15, 0.2) is 94.6 Å². The predicted octanol–water partition coefficient (Wildman–Crippen LogP) is 5.49. The molecule has 2 heterocycles. The molecule has 0 saturated carbocycles. The minimum atomic E-state index is -0.110. The van der Waals surface area contributed by atoms with Crippen molar-refractivity contribution in [3.63, 3.8) is 0 Å². The standard InChI is InChI=1S/C30H28N4O2S/c1-2-17-33-18-20-34(21-19-33)26-15-13-25(14-16-26)31-27(35)22-37-30-32-28(23-9-5-3-6-10-23)29(36-30)24-11-7-4-8-12-24/h1,3-16H,17-22H2,(H,31,35). The van der Waals surface area contributed by atoms with E-state index in [0.29, 0.717) is 17.5 Å². The molecule has 186 valence electrons. The second-order valence-electron chi connectivity index (χ2n) is 8.74. The summed E-state index contributed by atoms with van der Waals surface area (Å²) in [6.45, 7) is 4.50. The maximum atomic E-state index is 12.7. The monoisotopic (exact) mass is 508 g/mol. The summed E-state index contributed by atoms with van der Waals surface area (Å²) in [7, 11) is 0. The van der Waals surface area contributed by atoms with Crippen LogP contribution in [0.1, 0.15) is 0 Å². The van der Waals surface area contributed by atoms with Gasteiger partial charge in [-0.15, -0.1) is 6.42 Å². The summed E-state index contributed by atoms with van der Waals surface area (Å²) in [4.78, 5) is 22.0. The van der Waals surface area contributed by atoms with Gasteiger partial charge in [0.15, 0.2) is 5.76 Å². The van der Waals surface area contributed by atoms with Crippen LogP contribution in [0.2, 0.25) is 0 Å². The number of rotatable bonds is 8. The number of oxazole rings is 1. The van der Waals surface area contributed by atoms with E-state index >= 15 is 0 Å². The molecule has 6 nitrogen and oxygen atoms in total. The van der Waals surface area contributed by atoms with Gasteiger partial charge in [-0.3, -0.25) is 9.69 Å². The molecule has 1 aliphatic heterocycles. The molecular formula is C30H28N4O2S. The molecule has 5 rings (SSSR count). The van der Waals surface area contributed by atoms with Crippen LogP contribution in [-0.2, 0) is 4.79 Å². The molecule has 0 aliphatic carbocycles. The molecule has 0 unspecified atom stereocenters. The molecule has 3 aromatic carbocycles. The van der Waals surface area contributed by atoms with Crippen LogP contribution in [0.4, 0.5) is 11.4 Å². The number of nitrogens with one attached hydrogen (secondary N) is 1. The number of thioether (sulfide) groups is 1. The number of terminal acetylenes is 1. The van der Waals surface area contributed by atoms with Gasteiger partial charge >= 0.3 is 0 Å². The summed E-state index contributed by atoms with van der Waals surface area (Å²) in [6.07, 6.45) is 5.42. The number of benzene rings is 3. The third kappa shape index (κ3) is 6.23. The molecule has 1 amide bonds. The first-order valence-electron chi connectivity index (χ1n) is 12.2. The first kappa shape index (κ1) is 24.7. The minimum absolute atomic E-state index is 0.110. The second kappa shape index (κ2) is 11.8. The van der Waals surface area contributed by atoms with Gasteiger partial charge in [-0.25, -0.2) is 4.98 Å². The molecule has 1 fully saturated rings. The first-order valence-corrected chi connectivity index (χ1v) is 13.2. The van der Waals surface area contributed by atoms with Gasteiger partial charge in [0.1, 0.15) is 5.69 Å². The molecule has 37 heavy (non-hydrogen) atoms. The van der Waals surface area contributed by atoms with Gasteiger partial charge in [0.2, 0.25) is 5.91 Å². The van der Waals surface area contributed by atoms with Crippen molar-refractivity contribution in [1.29, 1.82) is 0 Å². The molecule has 0 spiro atoms. The molecule has 0 bridgehead atoms. The molecule has 1 saturated heterocycles. The molecule has 7 heteroatoms. The average Bonchev–Trinajstić information content (AvgIpc) is 3.39. The van der Waals surface area contributed by atoms with Gasteiger partial charge in [0, 0.05) is 48.7 Å². The van der Waals surface area contributed by atoms with Crippen LogP contribution in [0.5, 0.6) is 0 Å². The Morgan fingerprint density at radius 3 is 2.22 bits per heavy atom. The zero-order chi connectivity index (χ0) is 25.5. The second-order valence-corrected chi connectivity index (χ2v) is 9.67. The number of amides is 1. The third-order valence-corrected chi connectivity index (χ3v) is 7.05. The van der Waals surface area contributed by atoms with Gasteiger partial charge < -0.3 is 14.6 Å². The Balaban J connectivity index is 1.20. The number of nitrogens with zero attached hydrogens (tertiary/aromatic N) is 3. The molecular weight excluding hydrogens is 480 g/mol. The fourth-order valence-corrected chi connectivity index (χ4v) is 4.94. The van der Waals surface area contributed by atoms with Crippen LogP contribution in [0, 0.1) is 12.3 Å². The lowest BCUT2D eigenvalue weighted by atomic mass is 10.1. The summed E-state index contributed by atoms with van der Waals surface area (Å²) in [5, 5.41) is 3.44. The van der Waals surface area contributed by atoms with Crippen molar-refractivity contribution in [3.8, 4) is 34.9 Å². The molecule has 1 aliphatic rings. The molecule has 1 N–H and O–H groups in total. The number of carbonyl (C=O) groups excluding carboxylic acids is 1. The van der Waals surface area contributed by atoms with E-state index in [2.05, 4.69) is 21.0 Å². The Morgan fingerprint density at radius 2 is 1.57 bits per heavy atom. The fourth-order valence-electron chi connectivity index (χ4n) is 4.31. The zero-order valence-electron chi connectivity index (χ0n) is 20.5. The normalized spacial score (nSPS) is 13.8. The van der Waals surface area contributed by atoms with Gasteiger partial charge in [0.05, 0.1) is 12.3 Å². The first-order chi connectivity index (χ1) is 18.2. The van der Waals surface area contributed by atoms with Crippen molar-refractivity contribution in [3.05, 3.63) is 84.9 Å². The number of aromatic nitrogens is 1. The number of hydrogen-bond donors (Lipinski definition) is 1. The Morgan fingerprint density at radius 1 is 0.919 bits per heavy atom. The molecule has 4 aromatic rings.